The maximum Gasteiger partial charge on any atom is 0.276 e. The number of hydrogen-bond acceptors (Lipinski definition) is 2. The van der Waals surface area contributed by atoms with Crippen molar-refractivity contribution < 1.29 is 18.7 Å². The molecule has 1 rings (SSSR count). The lowest BCUT2D eigenvalue weighted by molar-refractivity contribution is -0.137. The molecule has 0 radical (unpaired) electrons. The lowest BCUT2D eigenvalue weighted by Crippen LogP contribution is -2.39. The van der Waals surface area contributed by atoms with E-state index in [1.54, 1.807) is 30.3 Å². The molecule has 0 fully saturated rings. The molecular weight excluding hydrogens is 226 g/mol. The van der Waals surface area contributed by atoms with Gasteiger partial charge in [-0.05, 0) is 0 Å². The van der Waals surface area contributed by atoms with Gasteiger partial charge in [0.15, 0.2) is 5.78 Å². The first-order valence-electron chi connectivity index (χ1n) is 5.49. The number of benzene rings is 1. The van der Waals surface area contributed by atoms with Crippen LogP contribution in [0.15, 0.2) is 30.3 Å². The van der Waals surface area contributed by atoms with E-state index < -0.39 is 30.1 Å². The van der Waals surface area contributed by atoms with E-state index in [0.29, 0.717) is 5.56 Å². The normalized spacial score (nSPS) is 13.8. The van der Waals surface area contributed by atoms with Crippen LogP contribution in [0.4, 0.5) is 8.78 Å². The number of alkyl halides is 2. The number of halogens is 2. The van der Waals surface area contributed by atoms with Crippen LogP contribution in [0.5, 0.6) is 0 Å². The van der Waals surface area contributed by atoms with Crippen LogP contribution in [0, 0.1) is 5.92 Å². The molecule has 0 aliphatic rings. The van der Waals surface area contributed by atoms with Crippen molar-refractivity contribution in [2.24, 2.45) is 5.92 Å². The van der Waals surface area contributed by atoms with Crippen LogP contribution in [-0.2, 0) is 0 Å². The smallest absolute Gasteiger partial charge is 0.276 e. The second-order valence-corrected chi connectivity index (χ2v) is 4.34. The summed E-state index contributed by atoms with van der Waals surface area (Å²) >= 11 is 0. The Labute approximate surface area is 99.3 Å². The van der Waals surface area contributed by atoms with Crippen molar-refractivity contribution in [2.75, 3.05) is 0 Å². The molecule has 0 aromatic heterocycles. The zero-order chi connectivity index (χ0) is 13.1. The summed E-state index contributed by atoms with van der Waals surface area (Å²) in [4.78, 5) is 11.6. The molecule has 0 aliphatic heterocycles. The summed E-state index contributed by atoms with van der Waals surface area (Å²) in [7, 11) is 0. The molecule has 17 heavy (non-hydrogen) atoms. The molecule has 4 heteroatoms. The Kier molecular flexibility index (Phi) is 4.34. The number of aliphatic hydroxyl groups is 1. The van der Waals surface area contributed by atoms with Gasteiger partial charge in [0.05, 0.1) is 0 Å². The summed E-state index contributed by atoms with van der Waals surface area (Å²) in [6, 6.07) is 8.13. The maximum atomic E-state index is 13.4. The van der Waals surface area contributed by atoms with E-state index in [0.717, 1.165) is 0 Å². The first kappa shape index (κ1) is 13.8. The highest BCUT2D eigenvalue weighted by molar-refractivity contribution is 5.96. The summed E-state index contributed by atoms with van der Waals surface area (Å²) in [6.07, 6.45) is -2.50. The second-order valence-electron chi connectivity index (χ2n) is 4.34. The van der Waals surface area contributed by atoms with Crippen LogP contribution in [0.25, 0.3) is 0 Å². The van der Waals surface area contributed by atoms with Crippen LogP contribution in [0.3, 0.4) is 0 Å². The Morgan fingerprint density at radius 2 is 1.82 bits per heavy atom. The predicted molar refractivity (Wildman–Crippen MR) is 61.2 cm³/mol. The van der Waals surface area contributed by atoms with Gasteiger partial charge in [0.2, 0.25) is 0 Å². The van der Waals surface area contributed by atoms with Crippen molar-refractivity contribution in [3.63, 3.8) is 0 Å². The fraction of sp³-hybridized carbons (Fsp3) is 0.462. The highest BCUT2D eigenvalue weighted by Gasteiger charge is 2.42. The monoisotopic (exact) mass is 242 g/mol. The highest BCUT2D eigenvalue weighted by Crippen LogP contribution is 2.30. The first-order valence-corrected chi connectivity index (χ1v) is 5.49. The molecule has 94 valence electrons. The molecule has 0 aliphatic carbocycles. The number of carbonyl (C=O) groups excluding carboxylic acids is 1. The topological polar surface area (TPSA) is 37.3 Å². The average Bonchev–Trinajstić information content (AvgIpc) is 2.29. The van der Waals surface area contributed by atoms with Crippen molar-refractivity contribution in [3.8, 4) is 0 Å². The van der Waals surface area contributed by atoms with Crippen LogP contribution < -0.4 is 0 Å². The predicted octanol–water partition coefficient (Wildman–Crippen LogP) is 2.91. The quantitative estimate of drug-likeness (QED) is 0.806. The van der Waals surface area contributed by atoms with Gasteiger partial charge in [0.25, 0.3) is 5.92 Å². The zero-order valence-corrected chi connectivity index (χ0v) is 9.86. The van der Waals surface area contributed by atoms with Crippen molar-refractivity contribution in [1.29, 1.82) is 0 Å². The molecule has 1 atom stereocenters. The van der Waals surface area contributed by atoms with Crippen molar-refractivity contribution in [2.45, 2.75) is 32.3 Å². The first-order chi connectivity index (χ1) is 7.85. The number of rotatable bonds is 5. The summed E-state index contributed by atoms with van der Waals surface area (Å²) < 4.78 is 26.8. The molecule has 0 saturated heterocycles. The Hall–Kier alpha value is -1.29. The van der Waals surface area contributed by atoms with E-state index in [9.17, 15) is 18.7 Å². The second kappa shape index (κ2) is 5.36. The molecule has 0 heterocycles. The molecule has 1 aromatic carbocycles. The lowest BCUT2D eigenvalue weighted by atomic mass is 9.95. The van der Waals surface area contributed by atoms with Crippen molar-refractivity contribution >= 4 is 5.78 Å². The van der Waals surface area contributed by atoms with Gasteiger partial charge in [-0.15, -0.1) is 0 Å². The lowest BCUT2D eigenvalue weighted by Gasteiger charge is -2.25. The molecule has 1 aromatic rings. The summed E-state index contributed by atoms with van der Waals surface area (Å²) in [5, 5.41) is 9.41. The standard InChI is InChI=1S/C13H16F2O2/c1-9(2)13(14,15)12(17)8-11(16)10-6-4-3-5-7-10/h3-7,9,12,17H,8H2,1-2H3. The largest absolute Gasteiger partial charge is 0.386 e. The SMILES string of the molecule is CC(C)C(F)(F)C(O)CC(=O)c1ccccc1. The van der Waals surface area contributed by atoms with Crippen LogP contribution in [0.1, 0.15) is 30.6 Å². The van der Waals surface area contributed by atoms with Gasteiger partial charge in [-0.2, -0.15) is 0 Å². The molecule has 1 N–H and O–H groups in total. The van der Waals surface area contributed by atoms with Crippen molar-refractivity contribution in [3.05, 3.63) is 35.9 Å². The van der Waals surface area contributed by atoms with Crippen LogP contribution >= 0.6 is 0 Å². The van der Waals surface area contributed by atoms with Crippen LogP contribution in [-0.4, -0.2) is 22.9 Å². The maximum absolute atomic E-state index is 13.4. The third kappa shape index (κ3) is 3.33. The fourth-order valence-electron chi connectivity index (χ4n) is 1.44. The minimum absolute atomic E-state index is 0.339. The average molecular weight is 242 g/mol. The molecule has 0 saturated carbocycles. The van der Waals surface area contributed by atoms with Gasteiger partial charge in [0.1, 0.15) is 6.10 Å². The Bertz CT molecular complexity index is 374. The molecule has 2 nitrogen and oxygen atoms in total. The van der Waals surface area contributed by atoms with E-state index in [-0.39, 0.29) is 0 Å². The van der Waals surface area contributed by atoms with E-state index in [1.165, 1.54) is 13.8 Å². The van der Waals surface area contributed by atoms with Crippen LogP contribution in [0.2, 0.25) is 0 Å². The van der Waals surface area contributed by atoms with Crippen molar-refractivity contribution in [1.82, 2.24) is 0 Å². The van der Waals surface area contributed by atoms with Gasteiger partial charge in [-0.3, -0.25) is 4.79 Å². The molecule has 0 spiro atoms. The fourth-order valence-corrected chi connectivity index (χ4v) is 1.44. The Morgan fingerprint density at radius 1 is 1.29 bits per heavy atom. The van der Waals surface area contributed by atoms with Gasteiger partial charge in [-0.1, -0.05) is 44.2 Å². The van der Waals surface area contributed by atoms with E-state index in [4.69, 9.17) is 0 Å². The minimum atomic E-state index is -3.25. The molecule has 0 amide bonds. The number of aliphatic hydroxyl groups excluding tert-OH is 1. The number of ketones is 1. The van der Waals surface area contributed by atoms with Gasteiger partial charge in [-0.25, -0.2) is 8.78 Å². The Balaban J connectivity index is 2.70. The van der Waals surface area contributed by atoms with E-state index in [2.05, 4.69) is 0 Å². The Morgan fingerprint density at radius 3 is 2.29 bits per heavy atom. The molecule has 0 bridgehead atoms. The number of carbonyl (C=O) groups is 1. The number of Topliss-reactive ketones (excluding diaryl/α,β-unsaturated/α-hetero) is 1. The van der Waals surface area contributed by atoms with Gasteiger partial charge >= 0.3 is 0 Å². The summed E-state index contributed by atoms with van der Waals surface area (Å²) in [5.41, 5.74) is 0.339. The molecular formula is C13H16F2O2. The van der Waals surface area contributed by atoms with Gasteiger partial charge < -0.3 is 5.11 Å². The van der Waals surface area contributed by atoms with E-state index in [1.807, 2.05) is 0 Å². The third-order valence-corrected chi connectivity index (χ3v) is 2.69. The van der Waals surface area contributed by atoms with Gasteiger partial charge in [0, 0.05) is 17.9 Å². The summed E-state index contributed by atoms with van der Waals surface area (Å²) in [5.74, 6) is -4.72. The molecule has 1 unspecified atom stereocenters. The minimum Gasteiger partial charge on any atom is -0.386 e. The van der Waals surface area contributed by atoms with E-state index >= 15 is 0 Å². The summed E-state index contributed by atoms with van der Waals surface area (Å²) in [6.45, 7) is 2.63. The highest BCUT2D eigenvalue weighted by atomic mass is 19.3. The third-order valence-electron chi connectivity index (χ3n) is 2.69. The number of hydrogen-bond donors (Lipinski definition) is 1. The zero-order valence-electron chi connectivity index (χ0n) is 9.86.